The minimum Gasteiger partial charge on any atom is -0.344 e. The Hall–Kier alpha value is -2.31. The van der Waals surface area contributed by atoms with E-state index in [4.69, 9.17) is 23.2 Å². The highest BCUT2D eigenvalue weighted by Crippen LogP contribution is 2.27. The van der Waals surface area contributed by atoms with Crippen molar-refractivity contribution >= 4 is 29.1 Å². The van der Waals surface area contributed by atoms with Gasteiger partial charge in [0.15, 0.2) is 0 Å². The van der Waals surface area contributed by atoms with Gasteiger partial charge in [-0.3, -0.25) is 14.6 Å². The molecule has 0 saturated heterocycles. The normalized spacial score (nSPS) is 12.2. The summed E-state index contributed by atoms with van der Waals surface area (Å²) in [7, 11) is 1.88. The fraction of sp³-hybridized carbons (Fsp3) is 0.278. The average Bonchev–Trinajstić information content (AvgIpc) is 3.15. The average molecular weight is 392 g/mol. The first kappa shape index (κ1) is 18.5. The van der Waals surface area contributed by atoms with Gasteiger partial charge in [-0.05, 0) is 44.5 Å². The summed E-state index contributed by atoms with van der Waals surface area (Å²) in [6.45, 7) is 5.77. The van der Waals surface area contributed by atoms with E-state index in [0.29, 0.717) is 21.4 Å². The molecule has 1 unspecified atom stereocenters. The van der Waals surface area contributed by atoms with Crippen molar-refractivity contribution in [3.63, 3.8) is 0 Å². The Kier molecular flexibility index (Phi) is 5.07. The maximum Gasteiger partial charge on any atom is 0.269 e. The Labute approximate surface area is 161 Å². The number of aromatic amines is 1. The van der Waals surface area contributed by atoms with Crippen LogP contribution in [0.2, 0.25) is 10.0 Å². The van der Waals surface area contributed by atoms with Gasteiger partial charge in [0.25, 0.3) is 5.91 Å². The summed E-state index contributed by atoms with van der Waals surface area (Å²) in [5, 5.41) is 15.3. The third-order valence-corrected chi connectivity index (χ3v) is 5.12. The summed E-state index contributed by atoms with van der Waals surface area (Å²) in [5.74, 6) is -0.249. The van der Waals surface area contributed by atoms with Gasteiger partial charge in [0.2, 0.25) is 0 Å². The molecule has 26 heavy (non-hydrogen) atoms. The first-order valence-electron chi connectivity index (χ1n) is 8.09. The van der Waals surface area contributed by atoms with Crippen LogP contribution >= 0.6 is 23.2 Å². The van der Waals surface area contributed by atoms with E-state index in [1.807, 2.05) is 33.9 Å². The summed E-state index contributed by atoms with van der Waals surface area (Å²) in [4.78, 5) is 12.5. The fourth-order valence-corrected chi connectivity index (χ4v) is 3.16. The number of aromatic nitrogens is 4. The van der Waals surface area contributed by atoms with Crippen LogP contribution in [-0.2, 0) is 7.05 Å². The largest absolute Gasteiger partial charge is 0.344 e. The fourth-order valence-electron chi connectivity index (χ4n) is 2.85. The van der Waals surface area contributed by atoms with Gasteiger partial charge in [-0.2, -0.15) is 10.2 Å². The van der Waals surface area contributed by atoms with Crippen LogP contribution in [0.5, 0.6) is 0 Å². The van der Waals surface area contributed by atoms with Crippen LogP contribution in [0.15, 0.2) is 24.3 Å². The van der Waals surface area contributed by atoms with E-state index in [0.717, 1.165) is 22.5 Å². The van der Waals surface area contributed by atoms with E-state index in [1.165, 1.54) is 0 Å². The molecule has 0 radical (unpaired) electrons. The molecule has 8 heteroatoms. The number of halogens is 2. The number of amides is 1. The lowest BCUT2D eigenvalue weighted by atomic mass is 10.1. The molecular weight excluding hydrogens is 373 g/mol. The molecule has 1 atom stereocenters. The number of carbonyl (C=O) groups is 1. The molecule has 0 spiro atoms. The predicted molar refractivity (Wildman–Crippen MR) is 103 cm³/mol. The summed E-state index contributed by atoms with van der Waals surface area (Å²) < 4.78 is 1.80. The van der Waals surface area contributed by atoms with Crippen LogP contribution in [0.3, 0.4) is 0 Å². The molecule has 6 nitrogen and oxygen atoms in total. The molecule has 2 aromatic heterocycles. The number of nitrogens with zero attached hydrogens (tertiary/aromatic N) is 3. The highest BCUT2D eigenvalue weighted by atomic mass is 35.5. The van der Waals surface area contributed by atoms with Crippen molar-refractivity contribution in [2.24, 2.45) is 7.05 Å². The van der Waals surface area contributed by atoms with Crippen LogP contribution in [0.25, 0.3) is 11.3 Å². The van der Waals surface area contributed by atoms with E-state index in [9.17, 15) is 4.79 Å². The summed E-state index contributed by atoms with van der Waals surface area (Å²) in [6.07, 6.45) is 0. The molecule has 136 valence electrons. The second-order valence-electron chi connectivity index (χ2n) is 6.20. The summed E-state index contributed by atoms with van der Waals surface area (Å²) in [5.41, 5.74) is 4.74. The van der Waals surface area contributed by atoms with E-state index in [1.54, 1.807) is 22.9 Å². The van der Waals surface area contributed by atoms with Gasteiger partial charge in [-0.25, -0.2) is 0 Å². The molecule has 0 fully saturated rings. The maximum absolute atomic E-state index is 12.5. The molecule has 0 aliphatic rings. The smallest absolute Gasteiger partial charge is 0.269 e. The standard InChI is InChI=1S/C18H19Cl2N5O/c1-9(12-5-6-13(19)14(20)7-12)21-18(26)16-8-15(22-23-16)17-10(2)24-25(4)11(17)3/h5-9H,1-4H3,(H,21,26)(H,22,23). The number of H-pyrrole nitrogens is 1. The first-order chi connectivity index (χ1) is 12.3. The quantitative estimate of drug-likeness (QED) is 0.698. The molecule has 0 bridgehead atoms. The molecular formula is C18H19Cl2N5O. The summed E-state index contributed by atoms with van der Waals surface area (Å²) in [6, 6.07) is 6.79. The third kappa shape index (κ3) is 3.48. The minimum absolute atomic E-state index is 0.231. The van der Waals surface area contributed by atoms with Gasteiger partial charge >= 0.3 is 0 Å². The van der Waals surface area contributed by atoms with Crippen LogP contribution in [0.4, 0.5) is 0 Å². The van der Waals surface area contributed by atoms with Gasteiger partial charge in [0, 0.05) is 18.3 Å². The molecule has 1 amide bonds. The zero-order valence-corrected chi connectivity index (χ0v) is 16.4. The van der Waals surface area contributed by atoms with Gasteiger partial charge in [0.1, 0.15) is 5.69 Å². The zero-order chi connectivity index (χ0) is 19.0. The van der Waals surface area contributed by atoms with Gasteiger partial charge in [-0.1, -0.05) is 29.3 Å². The number of rotatable bonds is 4. The lowest BCUT2D eigenvalue weighted by Gasteiger charge is -2.14. The molecule has 3 aromatic rings. The molecule has 0 aliphatic heterocycles. The van der Waals surface area contributed by atoms with Gasteiger partial charge < -0.3 is 5.32 Å². The van der Waals surface area contributed by atoms with Crippen molar-refractivity contribution in [1.29, 1.82) is 0 Å². The van der Waals surface area contributed by atoms with Crippen molar-refractivity contribution in [2.45, 2.75) is 26.8 Å². The SMILES string of the molecule is Cc1nn(C)c(C)c1-c1cc(C(=O)NC(C)c2ccc(Cl)c(Cl)c2)[nH]n1. The van der Waals surface area contributed by atoms with Gasteiger partial charge in [-0.15, -0.1) is 0 Å². The van der Waals surface area contributed by atoms with Crippen LogP contribution in [0, 0.1) is 13.8 Å². The van der Waals surface area contributed by atoms with E-state index in [-0.39, 0.29) is 11.9 Å². The molecule has 1 aromatic carbocycles. The Balaban J connectivity index is 1.78. The predicted octanol–water partition coefficient (Wildman–Crippen LogP) is 4.22. The second kappa shape index (κ2) is 7.13. The van der Waals surface area contributed by atoms with Crippen molar-refractivity contribution < 1.29 is 4.79 Å². The molecule has 2 N–H and O–H groups in total. The third-order valence-electron chi connectivity index (χ3n) is 4.38. The lowest BCUT2D eigenvalue weighted by Crippen LogP contribution is -2.26. The van der Waals surface area contributed by atoms with Crippen LogP contribution in [0.1, 0.15) is 40.4 Å². The number of aryl methyl sites for hydroxylation is 2. The molecule has 0 aliphatic carbocycles. The Morgan fingerprint density at radius 1 is 1.23 bits per heavy atom. The second-order valence-corrected chi connectivity index (χ2v) is 7.02. The zero-order valence-electron chi connectivity index (χ0n) is 14.9. The molecule has 0 saturated carbocycles. The number of hydrogen-bond acceptors (Lipinski definition) is 3. The Morgan fingerprint density at radius 3 is 2.58 bits per heavy atom. The Morgan fingerprint density at radius 2 is 1.96 bits per heavy atom. The van der Waals surface area contributed by atoms with Crippen molar-refractivity contribution in [1.82, 2.24) is 25.3 Å². The monoisotopic (exact) mass is 391 g/mol. The van der Waals surface area contributed by atoms with Crippen LogP contribution in [-0.4, -0.2) is 25.9 Å². The Bertz CT molecular complexity index is 976. The number of hydrogen-bond donors (Lipinski definition) is 2. The van der Waals surface area contributed by atoms with E-state index < -0.39 is 0 Å². The first-order valence-corrected chi connectivity index (χ1v) is 8.85. The number of carbonyl (C=O) groups excluding carboxylic acids is 1. The molecule has 3 rings (SSSR count). The highest BCUT2D eigenvalue weighted by molar-refractivity contribution is 6.42. The van der Waals surface area contributed by atoms with Crippen molar-refractivity contribution in [2.75, 3.05) is 0 Å². The maximum atomic E-state index is 12.5. The van der Waals surface area contributed by atoms with E-state index in [2.05, 4.69) is 20.6 Å². The minimum atomic E-state index is -0.249. The number of benzene rings is 1. The van der Waals surface area contributed by atoms with Crippen molar-refractivity contribution in [3.8, 4) is 11.3 Å². The summed E-state index contributed by atoms with van der Waals surface area (Å²) >= 11 is 12.0. The topological polar surface area (TPSA) is 75.6 Å². The number of nitrogens with one attached hydrogen (secondary N) is 2. The molecule has 2 heterocycles. The van der Waals surface area contributed by atoms with Crippen LogP contribution < -0.4 is 5.32 Å². The van der Waals surface area contributed by atoms with Gasteiger partial charge in [0.05, 0.1) is 27.5 Å². The van der Waals surface area contributed by atoms with E-state index >= 15 is 0 Å². The van der Waals surface area contributed by atoms with Crippen molar-refractivity contribution in [3.05, 3.63) is 57.0 Å². The lowest BCUT2D eigenvalue weighted by molar-refractivity contribution is 0.0935. The highest BCUT2D eigenvalue weighted by Gasteiger charge is 2.18.